The predicted molar refractivity (Wildman–Crippen MR) is 304 cm³/mol. The van der Waals surface area contributed by atoms with E-state index in [1.54, 1.807) is 46.9 Å². The topological polar surface area (TPSA) is 114 Å². The number of nitrogens with zero attached hydrogens (tertiary/aromatic N) is 4. The molecule has 2 saturated carbocycles. The highest BCUT2D eigenvalue weighted by atomic mass is 32.1. The molecule has 2 fully saturated rings. The van der Waals surface area contributed by atoms with Crippen LogP contribution in [0.1, 0.15) is 130 Å². The van der Waals surface area contributed by atoms with Gasteiger partial charge in [0, 0.05) is 49.1 Å². The van der Waals surface area contributed by atoms with E-state index in [-0.39, 0.29) is 5.97 Å². The maximum atomic E-state index is 11.6. The Balaban J connectivity index is 0.000000184. The number of carboxylic acids is 1. The summed E-state index contributed by atoms with van der Waals surface area (Å²) >= 11 is 3.21. The summed E-state index contributed by atoms with van der Waals surface area (Å²) in [7, 11) is 5.41. The van der Waals surface area contributed by atoms with Gasteiger partial charge in [-0.3, -0.25) is 0 Å². The van der Waals surface area contributed by atoms with Crippen molar-refractivity contribution >= 4 is 44.9 Å². The van der Waals surface area contributed by atoms with Crippen LogP contribution in [-0.2, 0) is 31.0 Å². The molecule has 0 radical (unpaired) electrons. The molecule has 12 heteroatoms. The Morgan fingerprint density at radius 1 is 0.507 bits per heavy atom. The standard InChI is InChI=1S/C32H34N2O3S.C31H32N2O3S/c1-34(20-23-8-14-28(15-9-23)31(35)36-2)32-33-30(22-38-32)27-16-18-29(19-17-27)37-21-24-10-12-26(13-11-24)25-6-4-3-5-7-25;1-33(19-22-7-13-27(14-8-22)30(34)35)31-32-29(21-37-31)26-15-17-28(18-16-26)36-20-23-9-11-25(12-10-23)24-5-3-2-4-6-24/h8-19,22,25H,3-7,20-21H2,1-2H3;7-18,21,24H,2-6,19-20H2,1H3,(H,34,35). The van der Waals surface area contributed by atoms with E-state index in [1.807, 2.05) is 74.8 Å². The summed E-state index contributed by atoms with van der Waals surface area (Å²) in [5, 5.41) is 15.1. The largest absolute Gasteiger partial charge is 0.489 e. The van der Waals surface area contributed by atoms with E-state index in [0.717, 1.165) is 67.2 Å². The van der Waals surface area contributed by atoms with Gasteiger partial charge in [0.2, 0.25) is 0 Å². The second-order valence-corrected chi connectivity index (χ2v) is 21.4. The van der Waals surface area contributed by atoms with Crippen LogP contribution in [0.2, 0.25) is 0 Å². The molecule has 2 heterocycles. The molecule has 0 spiro atoms. The SMILES string of the molecule is CN(Cc1ccc(C(=O)O)cc1)c1nc(-c2ccc(OCc3ccc(C4CCCCC4)cc3)cc2)cs1.COC(=O)c1ccc(CN(C)c2nc(-c3ccc(OCc4ccc(C5CCCCC5)cc4)cc3)cs2)cc1. The molecule has 0 amide bonds. The maximum Gasteiger partial charge on any atom is 0.337 e. The van der Waals surface area contributed by atoms with Crippen LogP contribution in [-0.4, -0.2) is 48.2 Å². The lowest BCUT2D eigenvalue weighted by molar-refractivity contribution is 0.0599. The van der Waals surface area contributed by atoms with E-state index in [0.29, 0.717) is 37.4 Å². The second kappa shape index (κ2) is 25.8. The number of rotatable bonds is 18. The molecule has 75 heavy (non-hydrogen) atoms. The lowest BCUT2D eigenvalue weighted by atomic mass is 9.84. The minimum absolute atomic E-state index is 0.294. The molecule has 1 N–H and O–H groups in total. The van der Waals surface area contributed by atoms with E-state index in [9.17, 15) is 9.59 Å². The molecule has 8 aromatic rings. The number of carbonyl (C=O) groups excluding carboxylic acids is 1. The average molecular weight is 1040 g/mol. The van der Waals surface area contributed by atoms with Gasteiger partial charge in [-0.05, 0) is 144 Å². The van der Waals surface area contributed by atoms with Crippen molar-refractivity contribution in [3.8, 4) is 34.0 Å². The Bertz CT molecular complexity index is 3050. The third-order valence-electron chi connectivity index (χ3n) is 14.3. The fraction of sp³-hybridized carbons (Fsp3) is 0.302. The molecular weight excluding hydrogens is 973 g/mol. The Morgan fingerprint density at radius 2 is 0.880 bits per heavy atom. The van der Waals surface area contributed by atoms with Crippen LogP contribution < -0.4 is 19.3 Å². The van der Waals surface area contributed by atoms with Gasteiger partial charge < -0.3 is 29.1 Å². The van der Waals surface area contributed by atoms with Gasteiger partial charge in [-0.1, -0.05) is 111 Å². The first-order chi connectivity index (χ1) is 36.6. The van der Waals surface area contributed by atoms with Crippen molar-refractivity contribution in [2.24, 2.45) is 0 Å². The molecule has 0 bridgehead atoms. The van der Waals surface area contributed by atoms with E-state index in [4.69, 9.17) is 29.3 Å². The first-order valence-electron chi connectivity index (χ1n) is 26.1. The van der Waals surface area contributed by atoms with Crippen LogP contribution in [0, 0.1) is 0 Å². The molecule has 386 valence electrons. The number of hydrogen-bond donors (Lipinski definition) is 1. The summed E-state index contributed by atoms with van der Waals surface area (Å²) in [6, 6.07) is 48.6. The minimum atomic E-state index is -0.913. The summed E-state index contributed by atoms with van der Waals surface area (Å²) in [6.45, 7) is 2.48. The fourth-order valence-electron chi connectivity index (χ4n) is 9.87. The number of methoxy groups -OCH3 is 1. The first-order valence-corrected chi connectivity index (χ1v) is 27.9. The number of benzene rings is 6. The summed E-state index contributed by atoms with van der Waals surface area (Å²) < 4.78 is 16.9. The van der Waals surface area contributed by atoms with Crippen molar-refractivity contribution in [2.45, 2.75) is 102 Å². The van der Waals surface area contributed by atoms with Crippen LogP contribution in [0.4, 0.5) is 10.3 Å². The molecule has 0 aliphatic heterocycles. The van der Waals surface area contributed by atoms with Crippen molar-refractivity contribution in [3.05, 3.63) is 201 Å². The third-order valence-corrected chi connectivity index (χ3v) is 16.2. The number of carbonyl (C=O) groups is 2. The van der Waals surface area contributed by atoms with Gasteiger partial charge in [0.1, 0.15) is 24.7 Å². The van der Waals surface area contributed by atoms with E-state index >= 15 is 0 Å². The molecule has 2 aliphatic carbocycles. The zero-order valence-electron chi connectivity index (χ0n) is 43.2. The molecule has 0 unspecified atom stereocenters. The van der Waals surface area contributed by atoms with E-state index in [2.05, 4.69) is 81.2 Å². The Morgan fingerprint density at radius 3 is 1.25 bits per heavy atom. The molecule has 10 nitrogen and oxygen atoms in total. The van der Waals surface area contributed by atoms with Crippen LogP contribution in [0.3, 0.4) is 0 Å². The van der Waals surface area contributed by atoms with Crippen molar-refractivity contribution in [1.29, 1.82) is 0 Å². The number of aromatic carboxylic acids is 1. The van der Waals surface area contributed by atoms with Crippen molar-refractivity contribution in [1.82, 2.24) is 9.97 Å². The van der Waals surface area contributed by atoms with E-state index in [1.165, 1.54) is 93.6 Å². The van der Waals surface area contributed by atoms with Gasteiger partial charge in [0.05, 0.1) is 29.6 Å². The van der Waals surface area contributed by atoms with Gasteiger partial charge in [-0.25, -0.2) is 19.6 Å². The molecule has 2 aromatic heterocycles. The number of thiazole rings is 2. The van der Waals surface area contributed by atoms with Gasteiger partial charge in [0.15, 0.2) is 10.3 Å². The van der Waals surface area contributed by atoms with Crippen molar-refractivity contribution in [2.75, 3.05) is 31.0 Å². The molecule has 6 aromatic carbocycles. The average Bonchev–Trinajstić information content (AvgIpc) is 4.18. The fourth-order valence-corrected chi connectivity index (χ4v) is 11.5. The highest BCUT2D eigenvalue weighted by Gasteiger charge is 2.18. The number of carboxylic acid groups (broad SMARTS) is 1. The molecule has 2 aliphatic rings. The second-order valence-electron chi connectivity index (χ2n) is 19.7. The van der Waals surface area contributed by atoms with Crippen LogP contribution in [0.25, 0.3) is 22.5 Å². The lowest BCUT2D eigenvalue weighted by Crippen LogP contribution is -2.16. The zero-order chi connectivity index (χ0) is 51.9. The summed E-state index contributed by atoms with van der Waals surface area (Å²) in [4.78, 5) is 36.5. The zero-order valence-corrected chi connectivity index (χ0v) is 44.8. The number of aromatic nitrogens is 2. The molecule has 0 atom stereocenters. The Labute approximate surface area is 449 Å². The number of esters is 1. The van der Waals surface area contributed by atoms with Crippen LogP contribution in [0.5, 0.6) is 11.5 Å². The predicted octanol–water partition coefficient (Wildman–Crippen LogP) is 15.6. The quantitative estimate of drug-likeness (QED) is 0.0833. The van der Waals surface area contributed by atoms with Gasteiger partial charge >= 0.3 is 11.9 Å². The monoisotopic (exact) mass is 1040 g/mol. The van der Waals surface area contributed by atoms with Crippen molar-refractivity contribution in [3.63, 3.8) is 0 Å². The van der Waals surface area contributed by atoms with E-state index < -0.39 is 5.97 Å². The highest BCUT2D eigenvalue weighted by molar-refractivity contribution is 7.14. The number of anilines is 2. The van der Waals surface area contributed by atoms with Crippen molar-refractivity contribution < 1.29 is 28.9 Å². The number of hydrogen-bond acceptors (Lipinski definition) is 11. The lowest BCUT2D eigenvalue weighted by Gasteiger charge is -2.22. The summed E-state index contributed by atoms with van der Waals surface area (Å²) in [5.41, 5.74) is 12.3. The first kappa shape index (κ1) is 52.6. The van der Waals surface area contributed by atoms with Gasteiger partial charge in [-0.2, -0.15) is 0 Å². The van der Waals surface area contributed by atoms with Gasteiger partial charge in [0.25, 0.3) is 0 Å². The van der Waals surface area contributed by atoms with Gasteiger partial charge in [-0.15, -0.1) is 22.7 Å². The molecule has 10 rings (SSSR count). The normalized spacial score (nSPS) is 13.8. The Hall–Kier alpha value is -7.28. The summed E-state index contributed by atoms with van der Waals surface area (Å²) in [5.74, 6) is 1.92. The number of ether oxygens (including phenoxy) is 3. The Kier molecular flexibility index (Phi) is 18.1. The van der Waals surface area contributed by atoms with Crippen LogP contribution in [0.15, 0.2) is 156 Å². The molecule has 0 saturated heterocycles. The maximum absolute atomic E-state index is 11.6. The third kappa shape index (κ3) is 14.5. The minimum Gasteiger partial charge on any atom is -0.489 e. The van der Waals surface area contributed by atoms with Crippen LogP contribution >= 0.6 is 22.7 Å². The highest BCUT2D eigenvalue weighted by Crippen LogP contribution is 2.35. The molecular formula is C63H66N4O6S2. The smallest absolute Gasteiger partial charge is 0.337 e. The summed E-state index contributed by atoms with van der Waals surface area (Å²) in [6.07, 6.45) is 13.5.